The van der Waals surface area contributed by atoms with Gasteiger partial charge in [-0.15, -0.1) is 0 Å². The van der Waals surface area contributed by atoms with Gasteiger partial charge in [0.05, 0.1) is 34.1 Å². The van der Waals surface area contributed by atoms with Crippen molar-refractivity contribution in [2.24, 2.45) is 0 Å². The summed E-state index contributed by atoms with van der Waals surface area (Å²) in [6, 6.07) is 44.5. The highest BCUT2D eigenvalue weighted by Crippen LogP contribution is 2.54. The number of nitrogens with one attached hydrogen (secondary N) is 1. The first kappa shape index (κ1) is 57.8. The Morgan fingerprint density at radius 3 is 1.24 bits per heavy atom. The van der Waals surface area contributed by atoms with Crippen molar-refractivity contribution in [1.82, 2.24) is 5.32 Å². The summed E-state index contributed by atoms with van der Waals surface area (Å²) in [6.45, 7) is 17.9. The first-order chi connectivity index (χ1) is 38.3. The molecule has 3 heterocycles. The number of hydrogen-bond acceptors (Lipinski definition) is 11. The van der Waals surface area contributed by atoms with Crippen molar-refractivity contribution in [2.45, 2.75) is 167 Å². The predicted molar refractivity (Wildman–Crippen MR) is 331 cm³/mol. The molecular formula is C65H82N4O5S3Si. The normalized spacial score (nSPS) is 13.3. The van der Waals surface area contributed by atoms with Crippen molar-refractivity contribution in [3.05, 3.63) is 121 Å². The number of carbonyl (C=O) groups excluding carboxylic acids is 1. The molecule has 0 saturated heterocycles. The quantitative estimate of drug-likeness (QED) is 0.0360. The summed E-state index contributed by atoms with van der Waals surface area (Å²) in [6.07, 6.45) is 14.8. The lowest BCUT2D eigenvalue weighted by molar-refractivity contribution is 0.0706. The SMILES string of the molecule is CCCCCCN1c2ccccc2Sc2cc(-c3ccc4c(c3)Sc3cc(-c5ccc6c(c5)Sc5cc(COC(=O)NCCC[Si](OCC)(OCC)OCC)ccc5N6CCCCCC)ccc3N4CCCCCC)ccc21. The Balaban J connectivity index is 0.941. The average molecular weight is 1120 g/mol. The Hall–Kier alpha value is -4.86. The zero-order valence-corrected chi connectivity index (χ0v) is 50.6. The molecule has 13 heteroatoms. The van der Waals surface area contributed by atoms with Crippen molar-refractivity contribution >= 4 is 84.3 Å². The minimum Gasteiger partial charge on any atom is -0.445 e. The molecule has 1 amide bonds. The lowest BCUT2D eigenvalue weighted by atomic mass is 10.0. The number of amides is 1. The summed E-state index contributed by atoms with van der Waals surface area (Å²) in [5.74, 6) is 0. The van der Waals surface area contributed by atoms with E-state index in [9.17, 15) is 4.79 Å². The summed E-state index contributed by atoms with van der Waals surface area (Å²) in [7, 11) is -2.78. The van der Waals surface area contributed by atoms with Crippen molar-refractivity contribution in [2.75, 3.05) is 60.7 Å². The van der Waals surface area contributed by atoms with Crippen LogP contribution in [0.3, 0.4) is 0 Å². The van der Waals surface area contributed by atoms with Crippen LogP contribution in [0, 0.1) is 0 Å². The molecule has 9 rings (SSSR count). The maximum Gasteiger partial charge on any atom is 0.500 e. The van der Waals surface area contributed by atoms with Gasteiger partial charge in [-0.05, 0) is 147 Å². The van der Waals surface area contributed by atoms with E-state index in [1.165, 1.54) is 150 Å². The molecule has 0 atom stereocenters. The Bertz CT molecular complexity index is 2940. The van der Waals surface area contributed by atoms with Gasteiger partial charge in [0.15, 0.2) is 0 Å². The number of rotatable bonds is 29. The molecule has 0 bridgehead atoms. The Kier molecular flexibility index (Phi) is 21.1. The number of unbranched alkanes of at least 4 members (excludes halogenated alkanes) is 9. The van der Waals surface area contributed by atoms with Gasteiger partial charge in [0.2, 0.25) is 0 Å². The van der Waals surface area contributed by atoms with Crippen LogP contribution < -0.4 is 20.0 Å². The number of hydrogen-bond donors (Lipinski definition) is 1. The lowest BCUT2D eigenvalue weighted by Gasteiger charge is -2.34. The Morgan fingerprint density at radius 1 is 0.436 bits per heavy atom. The number of benzene rings is 6. The zero-order valence-electron chi connectivity index (χ0n) is 47.1. The van der Waals surface area contributed by atoms with E-state index >= 15 is 0 Å². The second kappa shape index (κ2) is 28.5. The molecule has 78 heavy (non-hydrogen) atoms. The van der Waals surface area contributed by atoms with Crippen molar-refractivity contribution in [1.29, 1.82) is 0 Å². The third-order valence-electron chi connectivity index (χ3n) is 14.9. The van der Waals surface area contributed by atoms with E-state index in [1.54, 1.807) is 0 Å². The van der Waals surface area contributed by atoms with Crippen LogP contribution in [0.4, 0.5) is 38.9 Å². The van der Waals surface area contributed by atoms with E-state index in [-0.39, 0.29) is 6.61 Å². The molecule has 1 N–H and O–H groups in total. The van der Waals surface area contributed by atoms with Gasteiger partial charge in [0, 0.05) is 81.4 Å². The Morgan fingerprint density at radius 2 is 0.821 bits per heavy atom. The Labute approximate surface area is 480 Å². The molecule has 9 nitrogen and oxygen atoms in total. The smallest absolute Gasteiger partial charge is 0.445 e. The van der Waals surface area contributed by atoms with Gasteiger partial charge in [-0.3, -0.25) is 0 Å². The van der Waals surface area contributed by atoms with Gasteiger partial charge in [0.25, 0.3) is 0 Å². The number of anilines is 6. The van der Waals surface area contributed by atoms with Gasteiger partial charge in [-0.1, -0.05) is 156 Å². The molecule has 0 radical (unpaired) electrons. The molecule has 414 valence electrons. The first-order valence-electron chi connectivity index (χ1n) is 29.3. The summed E-state index contributed by atoms with van der Waals surface area (Å²) in [5.41, 5.74) is 13.6. The molecule has 6 aromatic rings. The number of nitrogens with zero attached hydrogens (tertiary/aromatic N) is 3. The van der Waals surface area contributed by atoms with Crippen LogP contribution in [-0.2, 0) is 24.6 Å². The third kappa shape index (κ3) is 14.0. The highest BCUT2D eigenvalue weighted by atomic mass is 32.2. The fourth-order valence-electron chi connectivity index (χ4n) is 11.0. The van der Waals surface area contributed by atoms with Crippen LogP contribution in [0.25, 0.3) is 22.3 Å². The maximum atomic E-state index is 13.0. The second-order valence-corrected chi connectivity index (χ2v) is 26.5. The number of ether oxygens (including phenoxy) is 1. The molecule has 3 aliphatic heterocycles. The summed E-state index contributed by atoms with van der Waals surface area (Å²) >= 11 is 5.63. The van der Waals surface area contributed by atoms with Crippen LogP contribution in [0.1, 0.15) is 131 Å². The van der Waals surface area contributed by atoms with Gasteiger partial charge in [0.1, 0.15) is 6.61 Å². The molecule has 3 aliphatic rings. The average Bonchev–Trinajstić information content (AvgIpc) is 3.65. The first-order valence-corrected chi connectivity index (χ1v) is 33.6. The monoisotopic (exact) mass is 1120 g/mol. The van der Waals surface area contributed by atoms with Crippen molar-refractivity contribution in [3.63, 3.8) is 0 Å². The predicted octanol–water partition coefficient (Wildman–Crippen LogP) is 19.2. The summed E-state index contributed by atoms with van der Waals surface area (Å²) in [5, 5.41) is 2.93. The molecule has 6 aromatic carbocycles. The van der Waals surface area contributed by atoms with Crippen LogP contribution in [0.15, 0.2) is 145 Å². The molecular weight excluding hydrogens is 1040 g/mol. The number of fused-ring (bicyclic) bond motifs is 6. The number of para-hydroxylation sites is 1. The van der Waals surface area contributed by atoms with E-state index < -0.39 is 14.9 Å². The molecule has 0 aliphatic carbocycles. The summed E-state index contributed by atoms with van der Waals surface area (Å²) < 4.78 is 23.8. The fourth-order valence-corrected chi connectivity index (χ4v) is 17.1. The van der Waals surface area contributed by atoms with Gasteiger partial charge in [-0.2, -0.15) is 0 Å². The van der Waals surface area contributed by atoms with E-state index in [1.807, 2.05) is 56.1 Å². The van der Waals surface area contributed by atoms with E-state index in [2.05, 4.69) is 156 Å². The van der Waals surface area contributed by atoms with Gasteiger partial charge >= 0.3 is 14.9 Å². The minimum absolute atomic E-state index is 0.186. The lowest BCUT2D eigenvalue weighted by Crippen LogP contribution is -2.46. The molecule has 0 fully saturated rings. The standard InChI is InChI=1S/C65H82N4O5S3Si/c1-7-13-16-21-38-67-53-25-19-20-26-59(53)75-61-43-49(28-33-55(61)67)51-30-35-57-63(45-51)77-64-46-52(31-36-58(64)69(57)40-23-18-15-9-3)50-29-34-56-62(44-50)76-60-42-48(27-32-54(60)68(56)39-22-17-14-8-2)47-71-65(70)66-37-24-41-78(72-10-4,73-11-5)74-12-6/h19-20,25-36,42-46H,7-18,21-24,37-41,47H2,1-6H3,(H,66,70). The maximum absolute atomic E-state index is 13.0. The molecule has 0 aromatic heterocycles. The van der Waals surface area contributed by atoms with Gasteiger partial charge in [-0.25, -0.2) is 4.79 Å². The molecule has 0 unspecified atom stereocenters. The number of carbonyl (C=O) groups is 1. The van der Waals surface area contributed by atoms with Crippen molar-refractivity contribution < 1.29 is 22.8 Å². The fraction of sp³-hybridized carbons (Fsp3) is 0.431. The largest absolute Gasteiger partial charge is 0.500 e. The van der Waals surface area contributed by atoms with E-state index in [4.69, 9.17) is 18.0 Å². The van der Waals surface area contributed by atoms with Crippen LogP contribution in [-0.4, -0.2) is 60.9 Å². The van der Waals surface area contributed by atoms with Gasteiger partial charge < -0.3 is 38.0 Å². The topological polar surface area (TPSA) is 75.7 Å². The second-order valence-electron chi connectivity index (χ2n) is 20.5. The molecule has 0 spiro atoms. The van der Waals surface area contributed by atoms with E-state index in [0.29, 0.717) is 38.8 Å². The van der Waals surface area contributed by atoms with Crippen molar-refractivity contribution in [3.8, 4) is 22.3 Å². The van der Waals surface area contributed by atoms with Crippen LogP contribution in [0.2, 0.25) is 6.04 Å². The van der Waals surface area contributed by atoms with Crippen LogP contribution >= 0.6 is 35.3 Å². The van der Waals surface area contributed by atoms with E-state index in [0.717, 1.165) is 38.0 Å². The third-order valence-corrected chi connectivity index (χ3v) is 21.3. The highest BCUT2D eigenvalue weighted by Gasteiger charge is 2.39. The molecule has 0 saturated carbocycles. The zero-order chi connectivity index (χ0) is 54.3. The minimum atomic E-state index is -2.78. The number of alkyl carbamates (subject to hydrolysis) is 1. The van der Waals surface area contributed by atoms with Crippen LogP contribution in [0.5, 0.6) is 0 Å². The highest BCUT2D eigenvalue weighted by molar-refractivity contribution is 8.00. The summed E-state index contributed by atoms with van der Waals surface area (Å²) in [4.78, 5) is 28.3.